The zero-order chi connectivity index (χ0) is 16.3. The molecular weight excluding hydrogens is 296 g/mol. The molecule has 3 heteroatoms. The van der Waals surface area contributed by atoms with E-state index in [1.165, 1.54) is 5.56 Å². The molecule has 0 saturated carbocycles. The van der Waals surface area contributed by atoms with Crippen LogP contribution in [0.25, 0.3) is 38.7 Å². The Hall–Kier alpha value is -3.07. The highest BCUT2D eigenvalue weighted by Crippen LogP contribution is 2.33. The molecule has 0 unspecified atom stereocenters. The molecule has 5 rings (SSSR count). The number of benzene rings is 3. The lowest BCUT2D eigenvalue weighted by Crippen LogP contribution is -2.33. The Bertz CT molecular complexity index is 1230. The molecule has 0 aliphatic carbocycles. The summed E-state index contributed by atoms with van der Waals surface area (Å²) in [6, 6.07) is 20.9. The number of aryl methyl sites for hydroxylation is 2. The second-order valence-corrected chi connectivity index (χ2v) is 6.27. The van der Waals surface area contributed by atoms with Crippen molar-refractivity contribution in [2.24, 2.45) is 0 Å². The van der Waals surface area contributed by atoms with Crippen LogP contribution in [0.2, 0.25) is 0 Å². The minimum Gasteiger partial charge on any atom is -0.452 e. The van der Waals surface area contributed by atoms with Crippen LogP contribution in [0.1, 0.15) is 11.4 Å². The Labute approximate surface area is 139 Å². The van der Waals surface area contributed by atoms with Crippen LogP contribution in [0.4, 0.5) is 0 Å². The Morgan fingerprint density at radius 2 is 1.62 bits per heavy atom. The maximum atomic E-state index is 6.26. The third kappa shape index (κ3) is 1.69. The van der Waals surface area contributed by atoms with Crippen LogP contribution in [0, 0.1) is 13.8 Å². The predicted octanol–water partition coefficient (Wildman–Crippen LogP) is 4.96. The van der Waals surface area contributed by atoms with Crippen LogP contribution < -0.4 is 4.57 Å². The van der Waals surface area contributed by atoms with Crippen LogP contribution in [0.3, 0.4) is 0 Å². The highest BCUT2D eigenvalue weighted by molar-refractivity contribution is 6.07. The summed E-state index contributed by atoms with van der Waals surface area (Å²) in [7, 11) is 0. The molecule has 0 spiro atoms. The van der Waals surface area contributed by atoms with Gasteiger partial charge in [-0.05, 0) is 31.2 Å². The number of hydrogen-bond donors (Lipinski definition) is 1. The van der Waals surface area contributed by atoms with Gasteiger partial charge in [0.25, 0.3) is 5.82 Å². The number of para-hydroxylation sites is 3. The number of rotatable bonds is 1. The highest BCUT2D eigenvalue weighted by Gasteiger charge is 2.23. The van der Waals surface area contributed by atoms with Crippen molar-refractivity contribution >= 4 is 33.0 Å². The first-order valence-corrected chi connectivity index (χ1v) is 8.14. The lowest BCUT2D eigenvalue weighted by molar-refractivity contribution is -0.573. The van der Waals surface area contributed by atoms with E-state index in [-0.39, 0.29) is 0 Å². The summed E-state index contributed by atoms with van der Waals surface area (Å²) >= 11 is 0. The number of H-pyrrole nitrogens is 1. The average Bonchev–Trinajstić information content (AvgIpc) is 3.12. The molecule has 2 aromatic heterocycles. The summed E-state index contributed by atoms with van der Waals surface area (Å²) in [5.74, 6) is 1.09. The third-order valence-electron chi connectivity index (χ3n) is 4.74. The lowest BCUT2D eigenvalue weighted by Gasteiger charge is -2.04. The summed E-state index contributed by atoms with van der Waals surface area (Å²) in [5.41, 5.74) is 6.46. The first kappa shape index (κ1) is 13.4. The minimum atomic E-state index is 0.928. The smallest absolute Gasteiger partial charge is 0.257 e. The molecule has 0 aliphatic heterocycles. The Morgan fingerprint density at radius 3 is 2.54 bits per heavy atom. The van der Waals surface area contributed by atoms with E-state index in [2.05, 4.69) is 71.9 Å². The van der Waals surface area contributed by atoms with E-state index in [1.807, 2.05) is 12.1 Å². The van der Waals surface area contributed by atoms with Crippen molar-refractivity contribution in [2.75, 3.05) is 0 Å². The van der Waals surface area contributed by atoms with Gasteiger partial charge in [-0.1, -0.05) is 36.4 Å². The van der Waals surface area contributed by atoms with E-state index in [4.69, 9.17) is 4.42 Å². The van der Waals surface area contributed by atoms with E-state index >= 15 is 0 Å². The normalized spacial score (nSPS) is 11.8. The number of hydrogen-bond acceptors (Lipinski definition) is 1. The monoisotopic (exact) mass is 313 g/mol. The van der Waals surface area contributed by atoms with E-state index in [0.717, 1.165) is 44.5 Å². The Morgan fingerprint density at radius 1 is 0.833 bits per heavy atom. The van der Waals surface area contributed by atoms with Gasteiger partial charge in [0, 0.05) is 23.3 Å². The summed E-state index contributed by atoms with van der Waals surface area (Å²) < 4.78 is 8.52. The summed E-state index contributed by atoms with van der Waals surface area (Å²) in [4.78, 5) is 3.47. The van der Waals surface area contributed by atoms with Crippen LogP contribution in [-0.2, 0) is 0 Å². The molecule has 0 saturated heterocycles. The van der Waals surface area contributed by atoms with Gasteiger partial charge >= 0.3 is 0 Å². The van der Waals surface area contributed by atoms with E-state index in [9.17, 15) is 0 Å². The summed E-state index contributed by atoms with van der Waals surface area (Å²) in [5, 5.41) is 2.32. The maximum Gasteiger partial charge on any atom is 0.257 e. The predicted molar refractivity (Wildman–Crippen MR) is 96.6 cm³/mol. The number of imidazole rings is 1. The number of aromatic amines is 1. The van der Waals surface area contributed by atoms with Crippen molar-refractivity contribution in [3.63, 3.8) is 0 Å². The molecule has 24 heavy (non-hydrogen) atoms. The molecule has 0 atom stereocenters. The Balaban J connectivity index is 1.98. The Kier molecular flexibility index (Phi) is 2.63. The van der Waals surface area contributed by atoms with Gasteiger partial charge in [0.15, 0.2) is 22.3 Å². The first-order chi connectivity index (χ1) is 11.7. The molecule has 0 amide bonds. The second kappa shape index (κ2) is 4.71. The van der Waals surface area contributed by atoms with E-state index in [0.29, 0.717) is 0 Å². The number of aromatic nitrogens is 2. The number of nitrogens with zero attached hydrogens (tertiary/aromatic N) is 1. The molecule has 116 valence electrons. The van der Waals surface area contributed by atoms with Crippen LogP contribution >= 0.6 is 0 Å². The molecule has 1 N–H and O–H groups in total. The fourth-order valence-electron chi connectivity index (χ4n) is 3.64. The van der Waals surface area contributed by atoms with Gasteiger partial charge in [0.2, 0.25) is 0 Å². The highest BCUT2D eigenvalue weighted by atomic mass is 16.3. The van der Waals surface area contributed by atoms with E-state index < -0.39 is 0 Å². The van der Waals surface area contributed by atoms with Crippen LogP contribution in [0.5, 0.6) is 0 Å². The molecule has 0 aliphatic rings. The minimum absolute atomic E-state index is 0.928. The SMILES string of the molecule is Cc1ccc2c(oc3ccccc32)c1-[n+]1c(C)[nH]c2ccccc21. The fraction of sp³-hybridized carbons (Fsp3) is 0.0952. The average molecular weight is 313 g/mol. The van der Waals surface area contributed by atoms with Crippen molar-refractivity contribution < 1.29 is 8.98 Å². The number of fused-ring (bicyclic) bond motifs is 4. The van der Waals surface area contributed by atoms with Crippen LogP contribution in [0.15, 0.2) is 65.1 Å². The standard InChI is InChI=1S/C21H16N2O/c1-13-11-12-16-15-7-3-6-10-19(15)24-21(16)20(13)23-14(2)22-17-8-4-5-9-18(17)23/h3-12H,1-2H3/p+1. The van der Waals surface area contributed by atoms with Crippen molar-refractivity contribution in [1.82, 2.24) is 4.98 Å². The van der Waals surface area contributed by atoms with Gasteiger partial charge in [0.1, 0.15) is 5.58 Å². The molecule has 5 aromatic rings. The molecular formula is C21H17N2O+. The maximum absolute atomic E-state index is 6.26. The van der Waals surface area contributed by atoms with E-state index in [1.54, 1.807) is 0 Å². The topological polar surface area (TPSA) is 32.8 Å². The molecule has 3 aromatic carbocycles. The van der Waals surface area contributed by atoms with Gasteiger partial charge in [-0.15, -0.1) is 0 Å². The zero-order valence-electron chi connectivity index (χ0n) is 13.6. The van der Waals surface area contributed by atoms with Crippen molar-refractivity contribution in [3.05, 3.63) is 72.1 Å². The van der Waals surface area contributed by atoms with Gasteiger partial charge in [-0.2, -0.15) is 4.57 Å². The molecule has 2 heterocycles. The largest absolute Gasteiger partial charge is 0.452 e. The zero-order valence-corrected chi connectivity index (χ0v) is 13.6. The summed E-state index contributed by atoms with van der Waals surface area (Å²) in [6.07, 6.45) is 0. The number of furan rings is 1. The third-order valence-corrected chi connectivity index (χ3v) is 4.74. The van der Waals surface area contributed by atoms with Gasteiger partial charge < -0.3 is 4.42 Å². The molecule has 0 fully saturated rings. The quantitative estimate of drug-likeness (QED) is 0.436. The van der Waals surface area contributed by atoms with Crippen LogP contribution in [-0.4, -0.2) is 4.98 Å². The number of nitrogens with one attached hydrogen (secondary N) is 1. The molecule has 0 bridgehead atoms. The van der Waals surface area contributed by atoms with Gasteiger partial charge in [-0.25, -0.2) is 4.98 Å². The fourth-order valence-corrected chi connectivity index (χ4v) is 3.64. The first-order valence-electron chi connectivity index (χ1n) is 8.14. The molecule has 0 radical (unpaired) electrons. The van der Waals surface area contributed by atoms with Crippen molar-refractivity contribution in [3.8, 4) is 5.69 Å². The molecule has 3 nitrogen and oxygen atoms in total. The lowest BCUT2D eigenvalue weighted by atomic mass is 10.1. The summed E-state index contributed by atoms with van der Waals surface area (Å²) in [6.45, 7) is 4.23. The van der Waals surface area contributed by atoms with Crippen molar-refractivity contribution in [2.45, 2.75) is 13.8 Å². The second-order valence-electron chi connectivity index (χ2n) is 6.27. The van der Waals surface area contributed by atoms with Gasteiger partial charge in [0.05, 0.1) is 0 Å². The van der Waals surface area contributed by atoms with Gasteiger partial charge in [-0.3, -0.25) is 0 Å². The van der Waals surface area contributed by atoms with Crippen molar-refractivity contribution in [1.29, 1.82) is 0 Å².